The highest BCUT2D eigenvalue weighted by molar-refractivity contribution is 5.67. The minimum Gasteiger partial charge on any atom is -0.389 e. The number of benzene rings is 2. The average molecular weight is 273 g/mol. The number of halogens is 1. The summed E-state index contributed by atoms with van der Waals surface area (Å²) in [6, 6.07) is 11.3. The van der Waals surface area contributed by atoms with Gasteiger partial charge >= 0.3 is 0 Å². The van der Waals surface area contributed by atoms with Crippen LogP contribution in [0.3, 0.4) is 0 Å². The molecule has 0 saturated carbocycles. The van der Waals surface area contributed by atoms with Crippen LogP contribution in [0, 0.1) is 19.7 Å². The van der Waals surface area contributed by atoms with Gasteiger partial charge in [0.1, 0.15) is 5.82 Å². The highest BCUT2D eigenvalue weighted by Gasteiger charge is 2.15. The summed E-state index contributed by atoms with van der Waals surface area (Å²) in [6.45, 7) is 5.41. The maximum Gasteiger partial charge on any atom is 0.126 e. The molecule has 2 nitrogen and oxygen atoms in total. The van der Waals surface area contributed by atoms with Crippen molar-refractivity contribution in [1.29, 1.82) is 0 Å². The second-order valence-electron chi connectivity index (χ2n) is 5.23. The zero-order valence-electron chi connectivity index (χ0n) is 12.3. The zero-order chi connectivity index (χ0) is 14.9. The van der Waals surface area contributed by atoms with Crippen LogP contribution in [0.2, 0.25) is 0 Å². The van der Waals surface area contributed by atoms with Crippen molar-refractivity contribution in [2.24, 2.45) is 0 Å². The molecule has 1 atom stereocenters. The topological polar surface area (TPSA) is 23.5 Å². The highest BCUT2D eigenvalue weighted by Crippen LogP contribution is 2.33. The van der Waals surface area contributed by atoms with E-state index in [2.05, 4.69) is 0 Å². The molecule has 0 aromatic heterocycles. The molecule has 2 aromatic rings. The summed E-state index contributed by atoms with van der Waals surface area (Å²) in [5.74, 6) is -0.290. The number of aliphatic hydroxyl groups is 1. The molecule has 3 heteroatoms. The van der Waals surface area contributed by atoms with Crippen molar-refractivity contribution in [3.05, 3.63) is 58.9 Å². The second kappa shape index (κ2) is 5.63. The Hall–Kier alpha value is -1.87. The van der Waals surface area contributed by atoms with Gasteiger partial charge in [-0.1, -0.05) is 17.7 Å². The number of rotatable bonds is 3. The summed E-state index contributed by atoms with van der Waals surface area (Å²) in [4.78, 5) is 1.97. The lowest BCUT2D eigenvalue weighted by Crippen LogP contribution is -2.13. The summed E-state index contributed by atoms with van der Waals surface area (Å²) in [7, 11) is 1.92. The first-order valence-electron chi connectivity index (χ1n) is 6.68. The van der Waals surface area contributed by atoms with Crippen LogP contribution in [0.15, 0.2) is 36.4 Å². The van der Waals surface area contributed by atoms with Gasteiger partial charge in [-0.15, -0.1) is 0 Å². The molecule has 0 fully saturated rings. The average Bonchev–Trinajstić information content (AvgIpc) is 2.41. The lowest BCUT2D eigenvalue weighted by Gasteiger charge is -2.24. The van der Waals surface area contributed by atoms with Crippen LogP contribution in [-0.4, -0.2) is 12.2 Å². The molecule has 0 amide bonds. The van der Waals surface area contributed by atoms with Gasteiger partial charge in [0.2, 0.25) is 0 Å². The van der Waals surface area contributed by atoms with E-state index in [1.54, 1.807) is 19.9 Å². The van der Waals surface area contributed by atoms with E-state index in [9.17, 15) is 9.50 Å². The molecule has 0 saturated heterocycles. The lowest BCUT2D eigenvalue weighted by molar-refractivity contribution is 0.199. The number of nitrogens with zero attached hydrogens (tertiary/aromatic N) is 1. The predicted octanol–water partition coefficient (Wildman–Crippen LogP) is 4.26. The number of hydrogen-bond donors (Lipinski definition) is 1. The SMILES string of the molecule is Cc1ccc(N(C)c2cc(C)c(F)cc2C(C)O)cc1. The molecule has 1 unspecified atom stereocenters. The molecular formula is C17H20FNO. The van der Waals surface area contributed by atoms with Crippen LogP contribution in [0.4, 0.5) is 15.8 Å². The Balaban J connectivity index is 2.50. The summed E-state index contributed by atoms with van der Waals surface area (Å²) in [5.41, 5.74) is 4.18. The van der Waals surface area contributed by atoms with E-state index in [1.165, 1.54) is 11.6 Å². The third kappa shape index (κ3) is 2.83. The van der Waals surface area contributed by atoms with Gasteiger partial charge < -0.3 is 10.0 Å². The molecule has 0 aliphatic rings. The standard InChI is InChI=1S/C17H20FNO/c1-11-5-7-14(8-6-11)19(4)17-9-12(2)16(18)10-15(17)13(3)20/h5-10,13,20H,1-4H3. The fourth-order valence-corrected chi connectivity index (χ4v) is 2.21. The molecule has 0 bridgehead atoms. The quantitative estimate of drug-likeness (QED) is 0.903. The Morgan fingerprint density at radius 2 is 1.70 bits per heavy atom. The Morgan fingerprint density at radius 3 is 2.25 bits per heavy atom. The molecular weight excluding hydrogens is 253 g/mol. The van der Waals surface area contributed by atoms with E-state index < -0.39 is 6.10 Å². The molecule has 0 spiro atoms. The van der Waals surface area contributed by atoms with Gasteiger partial charge in [0.05, 0.1) is 6.10 Å². The minimum atomic E-state index is -0.715. The number of aryl methyl sites for hydroxylation is 2. The monoisotopic (exact) mass is 273 g/mol. The van der Waals surface area contributed by atoms with E-state index in [4.69, 9.17) is 0 Å². The smallest absolute Gasteiger partial charge is 0.126 e. The van der Waals surface area contributed by atoms with Crippen molar-refractivity contribution in [3.63, 3.8) is 0 Å². The Kier molecular flexibility index (Phi) is 4.09. The van der Waals surface area contributed by atoms with Crippen molar-refractivity contribution in [1.82, 2.24) is 0 Å². The molecule has 0 aliphatic carbocycles. The van der Waals surface area contributed by atoms with E-state index in [0.29, 0.717) is 11.1 Å². The summed E-state index contributed by atoms with van der Waals surface area (Å²) in [5, 5.41) is 9.87. The Bertz CT molecular complexity index is 605. The molecule has 106 valence electrons. The normalized spacial score (nSPS) is 12.3. The zero-order valence-corrected chi connectivity index (χ0v) is 12.3. The van der Waals surface area contributed by atoms with Gasteiger partial charge in [0, 0.05) is 24.0 Å². The maximum absolute atomic E-state index is 13.7. The van der Waals surface area contributed by atoms with Crippen molar-refractivity contribution < 1.29 is 9.50 Å². The van der Waals surface area contributed by atoms with Crippen LogP contribution >= 0.6 is 0 Å². The van der Waals surface area contributed by atoms with Gasteiger partial charge in [0.25, 0.3) is 0 Å². The molecule has 0 radical (unpaired) electrons. The number of anilines is 2. The molecule has 1 N–H and O–H groups in total. The van der Waals surface area contributed by atoms with Crippen molar-refractivity contribution in [2.45, 2.75) is 26.9 Å². The van der Waals surface area contributed by atoms with E-state index in [-0.39, 0.29) is 5.82 Å². The Labute approximate surface area is 119 Å². The van der Waals surface area contributed by atoms with Gasteiger partial charge in [-0.3, -0.25) is 0 Å². The van der Waals surface area contributed by atoms with Crippen molar-refractivity contribution in [2.75, 3.05) is 11.9 Å². The first kappa shape index (κ1) is 14.5. The first-order valence-corrected chi connectivity index (χ1v) is 6.68. The third-order valence-corrected chi connectivity index (χ3v) is 3.54. The van der Waals surface area contributed by atoms with Gasteiger partial charge in [-0.25, -0.2) is 4.39 Å². The van der Waals surface area contributed by atoms with Crippen LogP contribution in [0.5, 0.6) is 0 Å². The number of aliphatic hydroxyl groups excluding tert-OH is 1. The first-order chi connectivity index (χ1) is 9.40. The van der Waals surface area contributed by atoms with Crippen LogP contribution < -0.4 is 4.90 Å². The van der Waals surface area contributed by atoms with Crippen molar-refractivity contribution >= 4 is 11.4 Å². The largest absolute Gasteiger partial charge is 0.389 e. The van der Waals surface area contributed by atoms with Crippen molar-refractivity contribution in [3.8, 4) is 0 Å². The van der Waals surface area contributed by atoms with Gasteiger partial charge in [0.15, 0.2) is 0 Å². The van der Waals surface area contributed by atoms with Crippen LogP contribution in [0.25, 0.3) is 0 Å². The summed E-state index contributed by atoms with van der Waals surface area (Å²) in [6.07, 6.45) is -0.715. The highest BCUT2D eigenvalue weighted by atomic mass is 19.1. The maximum atomic E-state index is 13.7. The van der Waals surface area contributed by atoms with Crippen LogP contribution in [-0.2, 0) is 0 Å². The molecule has 2 rings (SSSR count). The lowest BCUT2D eigenvalue weighted by atomic mass is 10.0. The molecule has 0 heterocycles. The van der Waals surface area contributed by atoms with E-state index in [1.807, 2.05) is 43.1 Å². The molecule has 2 aromatic carbocycles. The minimum absolute atomic E-state index is 0.290. The second-order valence-corrected chi connectivity index (χ2v) is 5.23. The summed E-state index contributed by atoms with van der Waals surface area (Å²) >= 11 is 0. The van der Waals surface area contributed by atoms with Gasteiger partial charge in [-0.2, -0.15) is 0 Å². The molecule has 0 aliphatic heterocycles. The Morgan fingerprint density at radius 1 is 1.10 bits per heavy atom. The summed E-state index contributed by atoms with van der Waals surface area (Å²) < 4.78 is 13.7. The number of hydrogen-bond acceptors (Lipinski definition) is 2. The van der Waals surface area contributed by atoms with E-state index >= 15 is 0 Å². The van der Waals surface area contributed by atoms with Crippen LogP contribution in [0.1, 0.15) is 29.7 Å². The van der Waals surface area contributed by atoms with Gasteiger partial charge in [-0.05, 0) is 50.6 Å². The molecule has 20 heavy (non-hydrogen) atoms. The fraction of sp³-hybridized carbons (Fsp3) is 0.294. The predicted molar refractivity (Wildman–Crippen MR) is 81.0 cm³/mol. The third-order valence-electron chi connectivity index (χ3n) is 3.54. The fourth-order valence-electron chi connectivity index (χ4n) is 2.21. The van der Waals surface area contributed by atoms with E-state index in [0.717, 1.165) is 11.4 Å².